The predicted molar refractivity (Wildman–Crippen MR) is 71.2 cm³/mol. The molecule has 0 saturated carbocycles. The number of ether oxygens (including phenoxy) is 1. The molecule has 7 nitrogen and oxygen atoms in total. The Kier molecular flexibility index (Phi) is 4.18. The fourth-order valence-corrected chi connectivity index (χ4v) is 2.33. The first-order chi connectivity index (χ1) is 9.13. The fourth-order valence-electron chi connectivity index (χ4n) is 2.33. The van der Waals surface area contributed by atoms with E-state index in [2.05, 4.69) is 10.3 Å². The van der Waals surface area contributed by atoms with Crippen LogP contribution in [0.3, 0.4) is 0 Å². The van der Waals surface area contributed by atoms with Crippen molar-refractivity contribution in [1.82, 2.24) is 10.3 Å². The van der Waals surface area contributed by atoms with E-state index in [4.69, 9.17) is 10.5 Å². The quantitative estimate of drug-likeness (QED) is 0.737. The van der Waals surface area contributed by atoms with Gasteiger partial charge in [-0.3, -0.25) is 9.88 Å². The molecule has 2 heterocycles. The van der Waals surface area contributed by atoms with Crippen molar-refractivity contribution in [2.45, 2.75) is 18.6 Å². The lowest BCUT2D eigenvalue weighted by Gasteiger charge is -2.36. The number of carbonyl (C=O) groups is 1. The van der Waals surface area contributed by atoms with Crippen molar-refractivity contribution >= 4 is 17.5 Å². The highest BCUT2D eigenvalue weighted by molar-refractivity contribution is 5.90. The number of nitrogens with zero attached hydrogens (tertiary/aromatic N) is 2. The zero-order valence-electron chi connectivity index (χ0n) is 10.7. The van der Waals surface area contributed by atoms with Crippen LogP contribution in [0.2, 0.25) is 0 Å². The van der Waals surface area contributed by atoms with Crippen molar-refractivity contribution in [2.24, 2.45) is 0 Å². The number of nitrogens with two attached hydrogens (primary N) is 1. The third-order valence-electron chi connectivity index (χ3n) is 3.28. The van der Waals surface area contributed by atoms with Crippen LogP contribution in [0.4, 0.5) is 16.2 Å². The summed E-state index contributed by atoms with van der Waals surface area (Å²) in [6, 6.07) is 1.40. The maximum absolute atomic E-state index is 11.5. The van der Waals surface area contributed by atoms with Crippen molar-refractivity contribution in [3.8, 4) is 0 Å². The van der Waals surface area contributed by atoms with Gasteiger partial charge in [-0.05, 0) is 12.5 Å². The van der Waals surface area contributed by atoms with Gasteiger partial charge < -0.3 is 20.9 Å². The molecule has 1 aliphatic rings. The number of methoxy groups -OCH3 is 1. The van der Waals surface area contributed by atoms with Gasteiger partial charge in [0.1, 0.15) is 0 Å². The van der Waals surface area contributed by atoms with E-state index in [9.17, 15) is 9.90 Å². The van der Waals surface area contributed by atoms with Crippen molar-refractivity contribution in [1.29, 1.82) is 0 Å². The van der Waals surface area contributed by atoms with E-state index >= 15 is 0 Å². The third-order valence-corrected chi connectivity index (χ3v) is 3.28. The van der Waals surface area contributed by atoms with Crippen LogP contribution in [0.1, 0.15) is 6.42 Å². The number of piperidine rings is 1. The summed E-state index contributed by atoms with van der Waals surface area (Å²) in [4.78, 5) is 16.7. The molecule has 0 radical (unpaired) electrons. The Labute approximate surface area is 111 Å². The van der Waals surface area contributed by atoms with Crippen LogP contribution in [0.5, 0.6) is 0 Å². The summed E-state index contributed by atoms with van der Waals surface area (Å²) in [5, 5.41) is 12.6. The molecule has 1 aromatic rings. The highest BCUT2D eigenvalue weighted by atomic mass is 16.5. The monoisotopic (exact) mass is 266 g/mol. The van der Waals surface area contributed by atoms with E-state index in [1.165, 1.54) is 17.3 Å². The van der Waals surface area contributed by atoms with Crippen LogP contribution in [-0.4, -0.2) is 48.5 Å². The van der Waals surface area contributed by atoms with Gasteiger partial charge in [0.15, 0.2) is 0 Å². The Morgan fingerprint density at radius 3 is 3.05 bits per heavy atom. The Hall–Kier alpha value is -1.86. The second kappa shape index (κ2) is 5.85. The predicted octanol–water partition coefficient (Wildman–Crippen LogP) is 0.525. The molecule has 0 spiro atoms. The first-order valence-electron chi connectivity index (χ1n) is 6.08. The minimum atomic E-state index is -1.03. The standard InChI is InChI=1S/C12H18N4O3/c1-19-9-4-8(5-15-6-9)16(12(17)18)11-2-3-14-7-10(11)13/h2-3,7-9,15H,4-6,13H2,1H3,(H,17,18)/t8-,9+/m0/s1. The highest BCUT2D eigenvalue weighted by Crippen LogP contribution is 2.26. The first kappa shape index (κ1) is 13.6. The van der Waals surface area contributed by atoms with E-state index in [0.717, 1.165) is 6.54 Å². The van der Waals surface area contributed by atoms with E-state index < -0.39 is 6.09 Å². The van der Waals surface area contributed by atoms with Gasteiger partial charge in [-0.25, -0.2) is 4.79 Å². The summed E-state index contributed by atoms with van der Waals surface area (Å²) in [5.74, 6) is 0. The van der Waals surface area contributed by atoms with Crippen LogP contribution in [-0.2, 0) is 4.74 Å². The zero-order chi connectivity index (χ0) is 13.8. The first-order valence-corrected chi connectivity index (χ1v) is 6.08. The summed E-state index contributed by atoms with van der Waals surface area (Å²) in [6.45, 7) is 1.31. The van der Waals surface area contributed by atoms with Crippen molar-refractivity contribution in [2.75, 3.05) is 30.8 Å². The molecular weight excluding hydrogens is 248 g/mol. The maximum atomic E-state index is 11.5. The van der Waals surface area contributed by atoms with Gasteiger partial charge >= 0.3 is 6.09 Å². The van der Waals surface area contributed by atoms with Gasteiger partial charge in [0.25, 0.3) is 0 Å². The third kappa shape index (κ3) is 2.94. The molecule has 0 unspecified atom stereocenters. The number of rotatable bonds is 3. The lowest BCUT2D eigenvalue weighted by molar-refractivity contribution is 0.0731. The molecule has 7 heteroatoms. The number of amides is 1. The number of aromatic nitrogens is 1. The zero-order valence-corrected chi connectivity index (χ0v) is 10.7. The minimum absolute atomic E-state index is 0.00339. The topological polar surface area (TPSA) is 101 Å². The number of anilines is 2. The van der Waals surface area contributed by atoms with E-state index in [1.54, 1.807) is 13.2 Å². The molecule has 0 bridgehead atoms. The summed E-state index contributed by atoms with van der Waals surface area (Å²) in [6.07, 6.45) is 2.60. The molecule has 19 heavy (non-hydrogen) atoms. The molecule has 104 valence electrons. The van der Waals surface area contributed by atoms with Crippen molar-refractivity contribution in [3.63, 3.8) is 0 Å². The van der Waals surface area contributed by atoms with Crippen LogP contribution in [0.15, 0.2) is 18.5 Å². The molecule has 1 fully saturated rings. The molecule has 1 aromatic heterocycles. The van der Waals surface area contributed by atoms with E-state index in [1.807, 2.05) is 0 Å². The number of nitrogen functional groups attached to an aromatic ring is 1. The molecule has 1 saturated heterocycles. The molecule has 2 rings (SSSR count). The second-order valence-corrected chi connectivity index (χ2v) is 4.49. The highest BCUT2D eigenvalue weighted by Gasteiger charge is 2.31. The summed E-state index contributed by atoms with van der Waals surface area (Å²) < 4.78 is 5.29. The summed E-state index contributed by atoms with van der Waals surface area (Å²) in [5.41, 5.74) is 6.63. The van der Waals surface area contributed by atoms with E-state index in [0.29, 0.717) is 24.3 Å². The van der Waals surface area contributed by atoms with Crippen molar-refractivity contribution < 1.29 is 14.6 Å². The average Bonchev–Trinajstić information content (AvgIpc) is 2.41. The second-order valence-electron chi connectivity index (χ2n) is 4.49. The summed E-state index contributed by atoms with van der Waals surface area (Å²) in [7, 11) is 1.63. The van der Waals surface area contributed by atoms with Gasteiger partial charge in [0.2, 0.25) is 0 Å². The number of nitrogens with one attached hydrogen (secondary N) is 1. The molecular formula is C12H18N4O3. The molecule has 0 aromatic carbocycles. The lowest BCUT2D eigenvalue weighted by atomic mass is 10.0. The van der Waals surface area contributed by atoms with Gasteiger partial charge in [-0.15, -0.1) is 0 Å². The molecule has 0 aliphatic carbocycles. The van der Waals surface area contributed by atoms with Crippen LogP contribution >= 0.6 is 0 Å². The number of hydrogen-bond acceptors (Lipinski definition) is 5. The number of carboxylic acid groups (broad SMARTS) is 1. The Balaban J connectivity index is 2.26. The maximum Gasteiger partial charge on any atom is 0.412 e. The van der Waals surface area contributed by atoms with Crippen molar-refractivity contribution in [3.05, 3.63) is 18.5 Å². The molecule has 1 amide bonds. The van der Waals surface area contributed by atoms with Crippen LogP contribution < -0.4 is 16.0 Å². The fraction of sp³-hybridized carbons (Fsp3) is 0.500. The SMILES string of the molecule is CO[C@H]1CNC[C@@H](N(C(=O)O)c2ccncc2N)C1. The summed E-state index contributed by atoms with van der Waals surface area (Å²) >= 11 is 0. The van der Waals surface area contributed by atoms with E-state index in [-0.39, 0.29) is 12.1 Å². The lowest BCUT2D eigenvalue weighted by Crippen LogP contribution is -2.53. The molecule has 2 atom stereocenters. The minimum Gasteiger partial charge on any atom is -0.465 e. The smallest absolute Gasteiger partial charge is 0.412 e. The molecule has 1 aliphatic heterocycles. The number of hydrogen-bond donors (Lipinski definition) is 3. The van der Waals surface area contributed by atoms with Gasteiger partial charge in [0.05, 0.1) is 29.7 Å². The number of pyridine rings is 1. The normalized spacial score (nSPS) is 23.0. The Morgan fingerprint density at radius 1 is 1.63 bits per heavy atom. The Morgan fingerprint density at radius 2 is 2.42 bits per heavy atom. The van der Waals surface area contributed by atoms with Gasteiger partial charge in [0, 0.05) is 26.4 Å². The van der Waals surface area contributed by atoms with Gasteiger partial charge in [-0.2, -0.15) is 0 Å². The largest absolute Gasteiger partial charge is 0.465 e. The van der Waals surface area contributed by atoms with Crippen LogP contribution in [0.25, 0.3) is 0 Å². The average molecular weight is 266 g/mol. The van der Waals surface area contributed by atoms with Gasteiger partial charge in [-0.1, -0.05) is 0 Å². The Bertz CT molecular complexity index is 454. The molecule has 4 N–H and O–H groups in total. The van der Waals surface area contributed by atoms with Crippen LogP contribution in [0, 0.1) is 0 Å².